The quantitative estimate of drug-likeness (QED) is 0.790. The summed E-state index contributed by atoms with van der Waals surface area (Å²) in [5.74, 6) is -0.203. The summed E-state index contributed by atoms with van der Waals surface area (Å²) in [6.45, 7) is 0.900. The van der Waals surface area contributed by atoms with Gasteiger partial charge in [-0.1, -0.05) is 34.8 Å². The van der Waals surface area contributed by atoms with Crippen LogP contribution in [-0.2, 0) is 6.54 Å². The average Bonchev–Trinajstić information content (AvgIpc) is 2.85. The number of hydrogen-bond donors (Lipinski definition) is 0. The molecule has 0 N–H and O–H groups in total. The van der Waals surface area contributed by atoms with Crippen molar-refractivity contribution in [3.63, 3.8) is 0 Å². The van der Waals surface area contributed by atoms with E-state index in [0.29, 0.717) is 24.7 Å². The molecule has 0 aromatic heterocycles. The maximum atomic E-state index is 13.8. The third-order valence-corrected chi connectivity index (χ3v) is 4.00. The fourth-order valence-corrected chi connectivity index (χ4v) is 2.88. The topological polar surface area (TPSA) is 27.0 Å². The zero-order valence-corrected chi connectivity index (χ0v) is 11.8. The zero-order valence-electron chi connectivity index (χ0n) is 10.2. The summed E-state index contributed by atoms with van der Waals surface area (Å²) in [5, 5.41) is 8.90. The highest BCUT2D eigenvalue weighted by Crippen LogP contribution is 2.25. The van der Waals surface area contributed by atoms with Crippen LogP contribution in [0.5, 0.6) is 0 Å². The maximum absolute atomic E-state index is 13.8. The zero-order chi connectivity index (χ0) is 13.0. The monoisotopic (exact) mass is 310 g/mol. The fourth-order valence-electron chi connectivity index (χ4n) is 2.54. The van der Waals surface area contributed by atoms with Crippen LogP contribution in [0, 0.1) is 17.1 Å². The number of halogens is 2. The molecular formula is C14H16BrFN2. The third-order valence-electron chi connectivity index (χ3n) is 3.50. The number of hydrogen-bond acceptors (Lipinski definition) is 2. The van der Waals surface area contributed by atoms with E-state index >= 15 is 0 Å². The van der Waals surface area contributed by atoms with E-state index in [0.717, 1.165) is 17.3 Å². The lowest BCUT2D eigenvalue weighted by molar-refractivity contribution is 0.211. The molecule has 1 aliphatic rings. The van der Waals surface area contributed by atoms with Crippen LogP contribution in [0.15, 0.2) is 22.7 Å². The van der Waals surface area contributed by atoms with E-state index in [-0.39, 0.29) is 5.82 Å². The molecule has 0 heterocycles. The second-order valence-electron chi connectivity index (χ2n) is 4.74. The Morgan fingerprint density at radius 2 is 2.11 bits per heavy atom. The molecule has 0 atom stereocenters. The van der Waals surface area contributed by atoms with Gasteiger partial charge >= 0.3 is 0 Å². The number of nitriles is 1. The van der Waals surface area contributed by atoms with Crippen LogP contribution < -0.4 is 0 Å². The van der Waals surface area contributed by atoms with E-state index < -0.39 is 0 Å². The third kappa shape index (κ3) is 3.30. The van der Waals surface area contributed by atoms with E-state index in [1.54, 1.807) is 6.07 Å². The van der Waals surface area contributed by atoms with Crippen molar-refractivity contribution in [3.05, 3.63) is 34.1 Å². The molecule has 1 aromatic carbocycles. The SMILES string of the molecule is N#CCN(Cc1ccc(Br)cc1F)C1CCCC1. The second kappa shape index (κ2) is 6.31. The molecule has 0 amide bonds. The molecule has 1 saturated carbocycles. The highest BCUT2D eigenvalue weighted by molar-refractivity contribution is 9.10. The van der Waals surface area contributed by atoms with Crippen molar-refractivity contribution in [2.24, 2.45) is 0 Å². The van der Waals surface area contributed by atoms with Crippen molar-refractivity contribution in [2.75, 3.05) is 6.54 Å². The summed E-state index contributed by atoms with van der Waals surface area (Å²) in [6, 6.07) is 7.74. The van der Waals surface area contributed by atoms with Gasteiger partial charge in [-0.05, 0) is 25.0 Å². The molecule has 0 bridgehead atoms. The molecule has 2 rings (SSSR count). The molecule has 1 fully saturated rings. The first-order chi connectivity index (χ1) is 8.70. The lowest BCUT2D eigenvalue weighted by Crippen LogP contribution is -2.33. The Bertz CT molecular complexity index is 450. The lowest BCUT2D eigenvalue weighted by atomic mass is 10.1. The Labute approximate surface area is 116 Å². The minimum Gasteiger partial charge on any atom is -0.283 e. The largest absolute Gasteiger partial charge is 0.283 e. The highest BCUT2D eigenvalue weighted by Gasteiger charge is 2.23. The first-order valence-corrected chi connectivity index (χ1v) is 7.05. The predicted molar refractivity (Wildman–Crippen MR) is 72.4 cm³/mol. The molecule has 96 valence electrons. The summed E-state index contributed by atoms with van der Waals surface area (Å²) in [7, 11) is 0. The van der Waals surface area contributed by atoms with Crippen LogP contribution >= 0.6 is 15.9 Å². The Morgan fingerprint density at radius 1 is 1.39 bits per heavy atom. The van der Waals surface area contributed by atoms with Crippen LogP contribution in [-0.4, -0.2) is 17.5 Å². The van der Waals surface area contributed by atoms with Crippen molar-refractivity contribution in [3.8, 4) is 6.07 Å². The van der Waals surface area contributed by atoms with E-state index in [4.69, 9.17) is 5.26 Å². The van der Waals surface area contributed by atoms with Gasteiger partial charge in [0.15, 0.2) is 0 Å². The number of rotatable bonds is 4. The standard InChI is InChI=1S/C14H16BrFN2/c15-12-6-5-11(14(16)9-12)10-18(8-7-17)13-3-1-2-4-13/h5-6,9,13H,1-4,8,10H2. The van der Waals surface area contributed by atoms with Crippen LogP contribution in [0.2, 0.25) is 0 Å². The van der Waals surface area contributed by atoms with E-state index in [9.17, 15) is 4.39 Å². The van der Waals surface area contributed by atoms with Gasteiger partial charge in [-0.2, -0.15) is 5.26 Å². The second-order valence-corrected chi connectivity index (χ2v) is 5.65. The predicted octanol–water partition coefficient (Wildman–Crippen LogP) is 3.86. The van der Waals surface area contributed by atoms with Crippen molar-refractivity contribution in [1.82, 2.24) is 4.90 Å². The molecule has 0 spiro atoms. The normalized spacial score (nSPS) is 16.1. The Hall–Kier alpha value is -0.920. The van der Waals surface area contributed by atoms with Crippen LogP contribution in [0.25, 0.3) is 0 Å². The smallest absolute Gasteiger partial charge is 0.128 e. The molecule has 4 heteroatoms. The van der Waals surface area contributed by atoms with Gasteiger partial charge in [0, 0.05) is 22.6 Å². The van der Waals surface area contributed by atoms with Crippen molar-refractivity contribution in [1.29, 1.82) is 5.26 Å². The summed E-state index contributed by atoms with van der Waals surface area (Å²) in [5.41, 5.74) is 0.667. The molecule has 0 aliphatic heterocycles. The number of nitrogens with zero attached hydrogens (tertiary/aromatic N) is 2. The van der Waals surface area contributed by atoms with Crippen LogP contribution in [0.4, 0.5) is 4.39 Å². The minimum atomic E-state index is -0.203. The molecular weight excluding hydrogens is 295 g/mol. The molecule has 2 nitrogen and oxygen atoms in total. The van der Waals surface area contributed by atoms with Crippen molar-refractivity contribution < 1.29 is 4.39 Å². The molecule has 1 aromatic rings. The Morgan fingerprint density at radius 3 is 2.72 bits per heavy atom. The lowest BCUT2D eigenvalue weighted by Gasteiger charge is -2.26. The van der Waals surface area contributed by atoms with Gasteiger partial charge in [0.1, 0.15) is 5.82 Å². The Balaban J connectivity index is 2.10. The van der Waals surface area contributed by atoms with Gasteiger partial charge in [-0.15, -0.1) is 0 Å². The average molecular weight is 311 g/mol. The maximum Gasteiger partial charge on any atom is 0.128 e. The van der Waals surface area contributed by atoms with Gasteiger partial charge < -0.3 is 0 Å². The summed E-state index contributed by atoms with van der Waals surface area (Å²) in [6.07, 6.45) is 4.69. The number of benzene rings is 1. The molecule has 1 aliphatic carbocycles. The van der Waals surface area contributed by atoms with Crippen molar-refractivity contribution in [2.45, 2.75) is 38.3 Å². The highest BCUT2D eigenvalue weighted by atomic mass is 79.9. The first-order valence-electron chi connectivity index (χ1n) is 6.25. The fraction of sp³-hybridized carbons (Fsp3) is 0.500. The van der Waals surface area contributed by atoms with E-state index in [2.05, 4.69) is 26.9 Å². The van der Waals surface area contributed by atoms with Gasteiger partial charge in [-0.3, -0.25) is 4.90 Å². The first kappa shape index (κ1) is 13.5. The molecule has 18 heavy (non-hydrogen) atoms. The summed E-state index contributed by atoms with van der Waals surface area (Å²) in [4.78, 5) is 2.10. The molecule has 0 unspecified atom stereocenters. The van der Waals surface area contributed by atoms with Gasteiger partial charge in [0.25, 0.3) is 0 Å². The van der Waals surface area contributed by atoms with Gasteiger partial charge in [0.2, 0.25) is 0 Å². The minimum absolute atomic E-state index is 0.203. The van der Waals surface area contributed by atoms with E-state index in [1.807, 2.05) is 6.07 Å². The van der Waals surface area contributed by atoms with Crippen LogP contribution in [0.3, 0.4) is 0 Å². The van der Waals surface area contributed by atoms with Crippen molar-refractivity contribution >= 4 is 15.9 Å². The van der Waals surface area contributed by atoms with Gasteiger partial charge in [-0.25, -0.2) is 4.39 Å². The van der Waals surface area contributed by atoms with E-state index in [1.165, 1.54) is 18.9 Å². The molecule has 0 radical (unpaired) electrons. The van der Waals surface area contributed by atoms with Crippen LogP contribution in [0.1, 0.15) is 31.2 Å². The molecule has 0 saturated heterocycles. The summed E-state index contributed by atoms with van der Waals surface area (Å²) >= 11 is 3.25. The summed E-state index contributed by atoms with van der Waals surface area (Å²) < 4.78 is 14.5. The van der Waals surface area contributed by atoms with Gasteiger partial charge in [0.05, 0.1) is 12.6 Å². The Kier molecular flexibility index (Phi) is 4.73.